The summed E-state index contributed by atoms with van der Waals surface area (Å²) in [6.45, 7) is 3.59. The molecule has 7 rings (SSSR count). The Hall–Kier alpha value is -4.39. The number of ether oxygens (including phenoxy) is 5. The molecular formula is C41H43NO8S2. The summed E-state index contributed by atoms with van der Waals surface area (Å²) < 4.78 is 65.4. The SMILES string of the molecule is Cc1ccc(S(=O)(=O)OS(c2ccc(OCc3ccncc3)cc2)(c2ccc(OC3CCCCO3)cc2)c2ccc(OC3CCCCO3)cc2)cc1. The molecule has 0 aliphatic carbocycles. The maximum atomic E-state index is 14.4. The first-order valence-corrected chi connectivity index (χ1v) is 20.6. The lowest BCUT2D eigenvalue weighted by molar-refractivity contribution is -0.106. The summed E-state index contributed by atoms with van der Waals surface area (Å²) in [7, 11) is -7.26. The van der Waals surface area contributed by atoms with E-state index < -0.39 is 20.4 Å². The Morgan fingerprint density at radius 1 is 0.596 bits per heavy atom. The number of aryl methyl sites for hydroxylation is 1. The van der Waals surface area contributed by atoms with Crippen molar-refractivity contribution >= 4 is 20.4 Å². The first-order valence-electron chi connectivity index (χ1n) is 17.6. The van der Waals surface area contributed by atoms with Crippen LogP contribution in [-0.4, -0.2) is 39.2 Å². The second kappa shape index (κ2) is 16.5. The molecule has 0 spiro atoms. The lowest BCUT2D eigenvalue weighted by Gasteiger charge is -2.39. The van der Waals surface area contributed by atoms with Gasteiger partial charge in [0.25, 0.3) is 0 Å². The number of hydrogen-bond acceptors (Lipinski definition) is 9. The first-order chi connectivity index (χ1) is 25.4. The van der Waals surface area contributed by atoms with Gasteiger partial charge in [-0.05, 0) is 146 Å². The van der Waals surface area contributed by atoms with E-state index in [0.29, 0.717) is 51.8 Å². The zero-order valence-corrected chi connectivity index (χ0v) is 30.7. The fourth-order valence-corrected chi connectivity index (χ4v) is 11.3. The highest BCUT2D eigenvalue weighted by Gasteiger charge is 2.39. The van der Waals surface area contributed by atoms with Crippen molar-refractivity contribution in [3.63, 3.8) is 0 Å². The minimum atomic E-state index is -4.30. The van der Waals surface area contributed by atoms with Crippen LogP contribution in [0.3, 0.4) is 0 Å². The number of aromatic nitrogens is 1. The molecule has 2 aliphatic heterocycles. The molecular weight excluding hydrogens is 699 g/mol. The molecule has 2 atom stereocenters. The lowest BCUT2D eigenvalue weighted by Crippen LogP contribution is -2.25. The fraction of sp³-hybridized carbons (Fsp3) is 0.293. The summed E-state index contributed by atoms with van der Waals surface area (Å²) >= 11 is 0. The molecule has 0 amide bonds. The van der Waals surface area contributed by atoms with Crippen LogP contribution in [0.5, 0.6) is 17.2 Å². The van der Waals surface area contributed by atoms with Gasteiger partial charge in [-0.2, -0.15) is 8.42 Å². The molecule has 0 bridgehead atoms. The van der Waals surface area contributed by atoms with E-state index in [-0.39, 0.29) is 17.5 Å². The third kappa shape index (κ3) is 8.62. The predicted molar refractivity (Wildman–Crippen MR) is 198 cm³/mol. The van der Waals surface area contributed by atoms with Gasteiger partial charge >= 0.3 is 10.1 Å². The molecule has 3 heterocycles. The topological polar surface area (TPSA) is 102 Å². The maximum absolute atomic E-state index is 14.4. The van der Waals surface area contributed by atoms with Crippen LogP contribution >= 0.6 is 10.3 Å². The minimum absolute atomic E-state index is 0.0658. The van der Waals surface area contributed by atoms with Crippen LogP contribution in [0.15, 0.2) is 141 Å². The van der Waals surface area contributed by atoms with Gasteiger partial charge in [0.15, 0.2) is 12.6 Å². The molecule has 5 aromatic rings. The molecule has 272 valence electrons. The van der Waals surface area contributed by atoms with Crippen LogP contribution in [-0.2, 0) is 29.8 Å². The summed E-state index contributed by atoms with van der Waals surface area (Å²) in [5.74, 6) is 1.88. The quantitative estimate of drug-likeness (QED) is 0.117. The van der Waals surface area contributed by atoms with Crippen molar-refractivity contribution in [2.24, 2.45) is 0 Å². The molecule has 2 saturated heterocycles. The molecule has 4 aromatic carbocycles. The molecule has 11 heteroatoms. The number of benzene rings is 4. The molecule has 2 fully saturated rings. The Labute approximate surface area is 307 Å². The summed E-state index contributed by atoms with van der Waals surface area (Å²) in [4.78, 5) is 6.13. The largest absolute Gasteiger partial charge is 0.489 e. The summed E-state index contributed by atoms with van der Waals surface area (Å²) in [5.41, 5.74) is 1.92. The van der Waals surface area contributed by atoms with Crippen molar-refractivity contribution in [3.8, 4) is 17.2 Å². The van der Waals surface area contributed by atoms with Crippen LogP contribution in [0, 0.1) is 6.92 Å². The third-order valence-corrected chi connectivity index (χ3v) is 14.1. The van der Waals surface area contributed by atoms with Crippen LogP contribution < -0.4 is 14.2 Å². The maximum Gasteiger partial charge on any atom is 0.307 e. The molecule has 52 heavy (non-hydrogen) atoms. The van der Waals surface area contributed by atoms with Crippen molar-refractivity contribution in [2.75, 3.05) is 13.2 Å². The Morgan fingerprint density at radius 3 is 1.52 bits per heavy atom. The second-order valence-corrected chi connectivity index (χ2v) is 17.2. The average molecular weight is 742 g/mol. The van der Waals surface area contributed by atoms with Gasteiger partial charge in [-0.1, -0.05) is 17.7 Å². The second-order valence-electron chi connectivity index (χ2n) is 12.8. The molecule has 2 aliphatic rings. The van der Waals surface area contributed by atoms with Crippen molar-refractivity contribution in [1.29, 1.82) is 0 Å². The van der Waals surface area contributed by atoms with E-state index in [1.54, 1.807) is 36.7 Å². The summed E-state index contributed by atoms with van der Waals surface area (Å²) in [6.07, 6.45) is 8.53. The Kier molecular flexibility index (Phi) is 11.4. The molecule has 0 saturated carbocycles. The average Bonchev–Trinajstić information content (AvgIpc) is 3.18. The normalized spacial score (nSPS) is 19.6. The van der Waals surface area contributed by atoms with Crippen LogP contribution in [0.1, 0.15) is 49.7 Å². The van der Waals surface area contributed by atoms with E-state index in [2.05, 4.69) is 4.98 Å². The van der Waals surface area contributed by atoms with E-state index >= 15 is 0 Å². The monoisotopic (exact) mass is 741 g/mol. The molecule has 9 nitrogen and oxygen atoms in total. The predicted octanol–water partition coefficient (Wildman–Crippen LogP) is 9.38. The van der Waals surface area contributed by atoms with Crippen LogP contribution in [0.4, 0.5) is 0 Å². The third-order valence-electron chi connectivity index (χ3n) is 8.93. The summed E-state index contributed by atoms with van der Waals surface area (Å²) in [5, 5.41) is 0. The Balaban J connectivity index is 1.30. The summed E-state index contributed by atoms with van der Waals surface area (Å²) in [6, 6.07) is 32.8. The smallest absolute Gasteiger partial charge is 0.307 e. The lowest BCUT2D eigenvalue weighted by atomic mass is 10.2. The van der Waals surface area contributed by atoms with Gasteiger partial charge < -0.3 is 23.7 Å². The van der Waals surface area contributed by atoms with Crippen molar-refractivity contribution in [2.45, 2.75) is 84.2 Å². The molecule has 2 unspecified atom stereocenters. The standard InChI is InChI=1S/C41H43NO8S2/c1-31-8-16-39(17-9-31)52(43,44)50-51(37-20-12-34(13-21-37)48-40-6-2-4-28-45-40,38-22-14-35(15-23-38)49-41-7-3-5-29-46-41)36-18-10-33(11-19-36)47-30-32-24-26-42-27-25-32/h8-27,40-41H,2-7,28-30H2,1H3. The van der Waals surface area contributed by atoms with E-state index in [4.69, 9.17) is 27.3 Å². The van der Waals surface area contributed by atoms with E-state index in [1.165, 1.54) is 0 Å². The molecule has 1 aromatic heterocycles. The van der Waals surface area contributed by atoms with Gasteiger partial charge in [-0.25, -0.2) is 3.63 Å². The van der Waals surface area contributed by atoms with Gasteiger partial charge in [0.05, 0.1) is 18.1 Å². The zero-order chi connectivity index (χ0) is 35.8. The highest BCUT2D eigenvalue weighted by atomic mass is 32.3. The van der Waals surface area contributed by atoms with E-state index in [0.717, 1.165) is 49.7 Å². The Morgan fingerprint density at radius 2 is 1.06 bits per heavy atom. The number of hydrogen-bond donors (Lipinski definition) is 0. The van der Waals surface area contributed by atoms with Crippen molar-refractivity contribution in [1.82, 2.24) is 4.98 Å². The van der Waals surface area contributed by atoms with E-state index in [1.807, 2.05) is 91.9 Å². The highest BCUT2D eigenvalue weighted by Crippen LogP contribution is 2.70. The van der Waals surface area contributed by atoms with Gasteiger partial charge in [-0.15, -0.1) is 0 Å². The highest BCUT2D eigenvalue weighted by molar-refractivity contribution is 8.33. The minimum Gasteiger partial charge on any atom is -0.489 e. The van der Waals surface area contributed by atoms with Gasteiger partial charge in [0.1, 0.15) is 23.9 Å². The fourth-order valence-electron chi connectivity index (χ4n) is 6.11. The van der Waals surface area contributed by atoms with Crippen LogP contribution in [0.2, 0.25) is 0 Å². The number of rotatable bonds is 13. The van der Waals surface area contributed by atoms with Gasteiger partial charge in [-0.3, -0.25) is 4.98 Å². The number of pyridine rings is 1. The van der Waals surface area contributed by atoms with Crippen molar-refractivity contribution < 1.29 is 35.7 Å². The molecule has 0 N–H and O–H groups in total. The Bertz CT molecular complexity index is 1910. The molecule has 0 radical (unpaired) electrons. The van der Waals surface area contributed by atoms with Gasteiger partial charge in [0.2, 0.25) is 0 Å². The van der Waals surface area contributed by atoms with E-state index in [9.17, 15) is 8.42 Å². The number of nitrogens with zero attached hydrogens (tertiary/aromatic N) is 1. The first kappa shape index (κ1) is 36.0. The van der Waals surface area contributed by atoms with Gasteiger partial charge in [0, 0.05) is 39.9 Å². The van der Waals surface area contributed by atoms with Crippen molar-refractivity contribution in [3.05, 3.63) is 133 Å². The van der Waals surface area contributed by atoms with Crippen LogP contribution in [0.25, 0.3) is 0 Å². The zero-order valence-electron chi connectivity index (χ0n) is 29.1.